The number of hydrogen-bond acceptors (Lipinski definition) is 3. The van der Waals surface area contributed by atoms with Crippen LogP contribution in [0.25, 0.3) is 5.73 Å². The van der Waals surface area contributed by atoms with Gasteiger partial charge in [-0.3, -0.25) is 9.69 Å². The van der Waals surface area contributed by atoms with E-state index < -0.39 is 0 Å². The number of amides is 1. The molecule has 1 saturated heterocycles. The van der Waals surface area contributed by atoms with Crippen molar-refractivity contribution in [1.82, 2.24) is 9.80 Å². The second-order valence-electron chi connectivity index (χ2n) is 5.50. The second kappa shape index (κ2) is 13.5. The number of aldehydes is 1. The van der Waals surface area contributed by atoms with E-state index in [2.05, 4.69) is 49.9 Å². The van der Waals surface area contributed by atoms with Crippen molar-refractivity contribution in [2.75, 3.05) is 19.6 Å². The minimum Gasteiger partial charge on any atom is -0.670 e. The molecule has 0 bridgehead atoms. The molecule has 2 atom stereocenters. The summed E-state index contributed by atoms with van der Waals surface area (Å²) in [7, 11) is 0. The summed E-state index contributed by atoms with van der Waals surface area (Å²) in [6, 6.07) is 11.0. The number of carbonyl (C=O) groups excluding carboxylic acids is 2. The Morgan fingerprint density at radius 1 is 1.25 bits per heavy atom. The molecule has 2 rings (SSSR count). The van der Waals surface area contributed by atoms with E-state index in [9.17, 15) is 4.79 Å². The Hall–Kier alpha value is -0.746. The first-order valence-corrected chi connectivity index (χ1v) is 7.48. The van der Waals surface area contributed by atoms with E-state index >= 15 is 0 Å². The van der Waals surface area contributed by atoms with Gasteiger partial charge in [-0.2, -0.15) is 0 Å². The van der Waals surface area contributed by atoms with E-state index in [0.29, 0.717) is 12.3 Å². The van der Waals surface area contributed by atoms with Crippen LogP contribution in [0.4, 0.5) is 0 Å². The Morgan fingerprint density at radius 2 is 1.79 bits per heavy atom. The first-order valence-electron chi connectivity index (χ1n) is 7.48. The van der Waals surface area contributed by atoms with Crippen LogP contribution in [0.1, 0.15) is 19.4 Å². The maximum atomic E-state index is 11.7. The normalized spacial score (nSPS) is 19.9. The predicted octanol–water partition coefficient (Wildman–Crippen LogP) is 2.63. The minimum absolute atomic E-state index is 0. The van der Waals surface area contributed by atoms with Crippen molar-refractivity contribution in [3.8, 4) is 0 Å². The second-order valence-corrected chi connectivity index (χ2v) is 5.50. The topological polar surface area (TPSA) is 64.4 Å². The number of hydrogen-bond donors (Lipinski definition) is 0. The molecule has 0 spiro atoms. The van der Waals surface area contributed by atoms with E-state index in [-0.39, 0.29) is 58.6 Å². The predicted molar refractivity (Wildman–Crippen MR) is 94.5 cm³/mol. The minimum atomic E-state index is -0.143. The zero-order valence-electron chi connectivity index (χ0n) is 14.9. The molecule has 2 unspecified atom stereocenters. The smallest absolute Gasteiger partial charge is 0.670 e. The molecule has 1 aliphatic rings. The fourth-order valence-corrected chi connectivity index (χ4v) is 2.69. The van der Waals surface area contributed by atoms with Crippen LogP contribution in [0.5, 0.6) is 0 Å². The van der Waals surface area contributed by atoms with Gasteiger partial charge in [0.1, 0.15) is 0 Å². The van der Waals surface area contributed by atoms with Crippen molar-refractivity contribution in [2.24, 2.45) is 0 Å². The Balaban J connectivity index is 0. The third-order valence-corrected chi connectivity index (χ3v) is 3.82. The zero-order valence-corrected chi connectivity index (χ0v) is 17.8. The summed E-state index contributed by atoms with van der Waals surface area (Å²) in [6.07, 6.45) is 0.500. The Kier molecular flexibility index (Phi) is 14.4. The third kappa shape index (κ3) is 7.88. The van der Waals surface area contributed by atoms with E-state index in [0.717, 1.165) is 19.6 Å². The number of rotatable bonds is 3. The van der Waals surface area contributed by atoms with Crippen molar-refractivity contribution in [2.45, 2.75) is 32.5 Å². The first kappa shape index (κ1) is 25.5. The molecule has 1 fully saturated rings. The third-order valence-electron chi connectivity index (χ3n) is 3.82. The number of benzene rings is 1. The van der Waals surface area contributed by atoms with Gasteiger partial charge in [-0.25, -0.2) is 0 Å². The molecule has 130 valence electrons. The van der Waals surface area contributed by atoms with E-state index in [1.807, 2.05) is 11.0 Å². The maximum absolute atomic E-state index is 11.7. The van der Waals surface area contributed by atoms with Gasteiger partial charge in [0.05, 0.1) is 0 Å². The van der Waals surface area contributed by atoms with Crippen molar-refractivity contribution < 1.29 is 42.3 Å². The van der Waals surface area contributed by atoms with Crippen molar-refractivity contribution in [3.63, 3.8) is 0 Å². The summed E-state index contributed by atoms with van der Waals surface area (Å²) in [6.45, 7) is 9.41. The van der Waals surface area contributed by atoms with Gasteiger partial charge in [0, 0.05) is 31.7 Å². The largest absolute Gasteiger partial charge is 3.00 e. The summed E-state index contributed by atoms with van der Waals surface area (Å²) in [5.41, 5.74) is 8.53. The summed E-state index contributed by atoms with van der Waals surface area (Å²) in [5.74, 6) is -0.0567. The molecule has 5 nitrogen and oxygen atoms in total. The van der Waals surface area contributed by atoms with Crippen molar-refractivity contribution in [1.29, 1.82) is 0 Å². The van der Waals surface area contributed by atoms with Crippen molar-refractivity contribution >= 4 is 12.2 Å². The fourth-order valence-electron chi connectivity index (χ4n) is 2.69. The maximum Gasteiger partial charge on any atom is 3.00 e. The number of nitrogens with one attached hydrogen (secondary N) is 1. The average molecular weight is 407 g/mol. The van der Waals surface area contributed by atoms with Crippen LogP contribution in [-0.2, 0) is 48.8 Å². The molecular formula is C18H28N3O2Y. The van der Waals surface area contributed by atoms with Gasteiger partial charge in [-0.1, -0.05) is 36.9 Å². The van der Waals surface area contributed by atoms with Crippen LogP contribution in [0.3, 0.4) is 0 Å². The van der Waals surface area contributed by atoms with Gasteiger partial charge in [-0.15, -0.1) is 0 Å². The molecule has 24 heavy (non-hydrogen) atoms. The van der Waals surface area contributed by atoms with Gasteiger partial charge in [0.15, 0.2) is 0 Å². The van der Waals surface area contributed by atoms with E-state index in [1.165, 1.54) is 5.56 Å². The molecular weight excluding hydrogens is 379 g/mol. The quantitative estimate of drug-likeness (QED) is 0.572. The molecule has 6 heteroatoms. The zero-order chi connectivity index (χ0) is 16.5. The van der Waals surface area contributed by atoms with Crippen LogP contribution < -0.4 is 0 Å². The average Bonchev–Trinajstić information content (AvgIpc) is 2.51. The summed E-state index contributed by atoms with van der Waals surface area (Å²) < 4.78 is 0. The van der Waals surface area contributed by atoms with Crippen LogP contribution in [-0.4, -0.2) is 53.7 Å². The summed E-state index contributed by atoms with van der Waals surface area (Å²) >= 11 is 0. The van der Waals surface area contributed by atoms with Crippen LogP contribution in [0, 0.1) is 14.4 Å². The Labute approximate surface area is 171 Å². The van der Waals surface area contributed by atoms with Crippen LogP contribution >= 0.6 is 0 Å². The molecule has 0 aromatic heterocycles. The molecule has 1 amide bonds. The van der Waals surface area contributed by atoms with Gasteiger partial charge < -0.3 is 29.8 Å². The molecule has 1 N–H and O–H groups in total. The SMILES string of the molecule is CC1CN(C(=O)C[NH-])C(C)CN1Cc1ccccc1.[CH2-]C=O.[CH3-].[Y+3]. The molecule has 0 saturated carbocycles. The van der Waals surface area contributed by atoms with E-state index in [4.69, 9.17) is 10.5 Å². The standard InChI is InChI=1S/C15H22N3O.C2H3O.CH3.Y/c1-12-10-18(15(19)8-16)13(2)9-17(12)11-14-6-4-3-5-7-14;1-2-3;;/h3-7,12-13,16H,8-11H2,1-2H3;2H,1H2;1H3;/q3*-1;+3. The molecule has 1 aliphatic heterocycles. The molecule has 0 radical (unpaired) electrons. The van der Waals surface area contributed by atoms with Gasteiger partial charge in [0.2, 0.25) is 5.91 Å². The summed E-state index contributed by atoms with van der Waals surface area (Å²) in [5, 5.41) is 0. The van der Waals surface area contributed by atoms with Gasteiger partial charge in [0.25, 0.3) is 0 Å². The number of piperazine rings is 1. The van der Waals surface area contributed by atoms with Crippen LogP contribution in [0.2, 0.25) is 0 Å². The molecule has 1 aromatic rings. The molecule has 1 aromatic carbocycles. The van der Waals surface area contributed by atoms with Crippen LogP contribution in [0.15, 0.2) is 30.3 Å². The Morgan fingerprint density at radius 3 is 2.29 bits per heavy atom. The molecule has 0 aliphatic carbocycles. The Bertz CT molecular complexity index is 471. The number of nitrogens with zero attached hydrogens (tertiary/aromatic N) is 2. The monoisotopic (exact) mass is 407 g/mol. The molecule has 1 heterocycles. The van der Waals surface area contributed by atoms with Gasteiger partial charge in [-0.05, 0) is 25.7 Å². The number of carbonyl (C=O) groups is 2. The van der Waals surface area contributed by atoms with E-state index in [1.54, 1.807) is 0 Å². The first-order chi connectivity index (χ1) is 10.5. The van der Waals surface area contributed by atoms with Crippen molar-refractivity contribution in [3.05, 3.63) is 56.0 Å². The fraction of sp³-hybridized carbons (Fsp3) is 0.444. The van der Waals surface area contributed by atoms with Gasteiger partial charge >= 0.3 is 32.7 Å². The summed E-state index contributed by atoms with van der Waals surface area (Å²) in [4.78, 5) is 24.7.